The second-order valence-corrected chi connectivity index (χ2v) is 8.75. The highest BCUT2D eigenvalue weighted by atomic mass is 15.3. The van der Waals surface area contributed by atoms with Crippen LogP contribution in [-0.2, 0) is 0 Å². The Morgan fingerprint density at radius 1 is 1.05 bits per heavy atom. The van der Waals surface area contributed by atoms with Crippen LogP contribution < -0.4 is 5.32 Å². The molecule has 0 spiro atoms. The Labute approximate surface area is 126 Å². The Morgan fingerprint density at radius 2 is 1.65 bits per heavy atom. The summed E-state index contributed by atoms with van der Waals surface area (Å²) in [5.41, 5.74) is 0.363. The molecule has 1 aliphatic carbocycles. The number of nitrogens with zero attached hydrogens (tertiary/aromatic N) is 1. The van der Waals surface area contributed by atoms with Gasteiger partial charge in [-0.05, 0) is 42.9 Å². The van der Waals surface area contributed by atoms with Crippen molar-refractivity contribution < 1.29 is 0 Å². The largest absolute Gasteiger partial charge is 0.311 e. The molecule has 2 nitrogen and oxygen atoms in total. The second kappa shape index (κ2) is 6.36. The van der Waals surface area contributed by atoms with Crippen molar-refractivity contribution in [3.8, 4) is 0 Å². The van der Waals surface area contributed by atoms with Gasteiger partial charge in [0.25, 0.3) is 0 Å². The van der Waals surface area contributed by atoms with Crippen molar-refractivity contribution in [2.45, 2.75) is 85.4 Å². The van der Waals surface area contributed by atoms with Crippen molar-refractivity contribution in [1.82, 2.24) is 10.2 Å². The van der Waals surface area contributed by atoms with E-state index in [-0.39, 0.29) is 0 Å². The first-order valence-corrected chi connectivity index (χ1v) is 8.78. The Morgan fingerprint density at radius 3 is 2.15 bits per heavy atom. The van der Waals surface area contributed by atoms with E-state index in [4.69, 9.17) is 0 Å². The summed E-state index contributed by atoms with van der Waals surface area (Å²) >= 11 is 0. The zero-order chi connectivity index (χ0) is 14.9. The van der Waals surface area contributed by atoms with E-state index in [2.05, 4.69) is 51.8 Å². The number of nitrogens with one attached hydrogen (secondary N) is 1. The molecule has 1 saturated carbocycles. The van der Waals surface area contributed by atoms with Gasteiger partial charge in [0.2, 0.25) is 0 Å². The molecule has 2 atom stereocenters. The van der Waals surface area contributed by atoms with Gasteiger partial charge in [0.15, 0.2) is 0 Å². The van der Waals surface area contributed by atoms with Crippen molar-refractivity contribution in [2.24, 2.45) is 17.3 Å². The lowest BCUT2D eigenvalue weighted by Crippen LogP contribution is -2.64. The van der Waals surface area contributed by atoms with Crippen molar-refractivity contribution in [1.29, 1.82) is 0 Å². The molecule has 2 unspecified atom stereocenters. The van der Waals surface area contributed by atoms with E-state index < -0.39 is 0 Å². The number of hydrogen-bond donors (Lipinski definition) is 1. The molecule has 118 valence electrons. The molecule has 2 rings (SSSR count). The maximum absolute atomic E-state index is 3.83. The molecular weight excluding hydrogens is 244 g/mol. The number of rotatable bonds is 2. The molecule has 1 heterocycles. The maximum Gasteiger partial charge on any atom is 0.0247 e. The molecule has 1 saturated heterocycles. The van der Waals surface area contributed by atoms with Crippen LogP contribution in [0.25, 0.3) is 0 Å². The van der Waals surface area contributed by atoms with Crippen LogP contribution in [0.15, 0.2) is 0 Å². The van der Waals surface area contributed by atoms with Gasteiger partial charge in [-0.2, -0.15) is 0 Å². The molecule has 2 fully saturated rings. The SMILES string of the molecule is CC1CCC(N2CC(C(C)(C)C)NCC2C(C)C)CC1. The molecule has 1 N–H and O–H groups in total. The van der Waals surface area contributed by atoms with Crippen molar-refractivity contribution >= 4 is 0 Å². The Kier molecular flexibility index (Phi) is 5.18. The normalized spacial score (nSPS) is 37.4. The number of hydrogen-bond acceptors (Lipinski definition) is 2. The minimum absolute atomic E-state index is 0.363. The van der Waals surface area contributed by atoms with Gasteiger partial charge < -0.3 is 5.32 Å². The minimum Gasteiger partial charge on any atom is -0.311 e. The lowest BCUT2D eigenvalue weighted by Gasteiger charge is -2.50. The summed E-state index contributed by atoms with van der Waals surface area (Å²) in [7, 11) is 0. The zero-order valence-corrected chi connectivity index (χ0v) is 14.6. The van der Waals surface area contributed by atoms with E-state index in [1.54, 1.807) is 0 Å². The van der Waals surface area contributed by atoms with Crippen LogP contribution in [0.4, 0.5) is 0 Å². The van der Waals surface area contributed by atoms with Crippen molar-refractivity contribution in [2.75, 3.05) is 13.1 Å². The van der Waals surface area contributed by atoms with Crippen molar-refractivity contribution in [3.05, 3.63) is 0 Å². The van der Waals surface area contributed by atoms with Crippen molar-refractivity contribution in [3.63, 3.8) is 0 Å². The Balaban J connectivity index is 2.07. The predicted octanol–water partition coefficient (Wildman–Crippen LogP) is 3.91. The highest BCUT2D eigenvalue weighted by Crippen LogP contribution is 2.33. The molecule has 0 radical (unpaired) electrons. The molecule has 0 bridgehead atoms. The van der Waals surface area contributed by atoms with E-state index in [1.807, 2.05) is 0 Å². The summed E-state index contributed by atoms with van der Waals surface area (Å²) in [5, 5.41) is 3.83. The fourth-order valence-electron chi connectivity index (χ4n) is 3.98. The van der Waals surface area contributed by atoms with Gasteiger partial charge >= 0.3 is 0 Å². The monoisotopic (exact) mass is 280 g/mol. The summed E-state index contributed by atoms with van der Waals surface area (Å²) in [6, 6.07) is 2.20. The minimum atomic E-state index is 0.363. The van der Waals surface area contributed by atoms with Crippen LogP contribution in [0.2, 0.25) is 0 Å². The highest BCUT2D eigenvalue weighted by Gasteiger charge is 2.38. The third-order valence-corrected chi connectivity index (χ3v) is 5.66. The van der Waals surface area contributed by atoms with E-state index in [9.17, 15) is 0 Å². The van der Waals surface area contributed by atoms with Crippen LogP contribution in [0.5, 0.6) is 0 Å². The highest BCUT2D eigenvalue weighted by molar-refractivity contribution is 4.96. The molecule has 0 amide bonds. The quantitative estimate of drug-likeness (QED) is 0.825. The van der Waals surface area contributed by atoms with E-state index in [1.165, 1.54) is 38.8 Å². The average molecular weight is 281 g/mol. The van der Waals surface area contributed by atoms with Crippen LogP contribution >= 0.6 is 0 Å². The van der Waals surface area contributed by atoms with Crippen LogP contribution in [0.3, 0.4) is 0 Å². The molecular formula is C18H36N2. The molecule has 1 aliphatic heterocycles. The lowest BCUT2D eigenvalue weighted by atomic mass is 9.80. The van der Waals surface area contributed by atoms with Crippen LogP contribution in [-0.4, -0.2) is 36.1 Å². The number of piperazine rings is 1. The zero-order valence-electron chi connectivity index (χ0n) is 14.6. The van der Waals surface area contributed by atoms with Gasteiger partial charge in [0, 0.05) is 31.2 Å². The topological polar surface area (TPSA) is 15.3 Å². The van der Waals surface area contributed by atoms with Crippen LogP contribution in [0.1, 0.15) is 67.2 Å². The summed E-state index contributed by atoms with van der Waals surface area (Å²) in [6.07, 6.45) is 5.70. The third-order valence-electron chi connectivity index (χ3n) is 5.66. The van der Waals surface area contributed by atoms with Gasteiger partial charge in [-0.1, -0.05) is 41.5 Å². The lowest BCUT2D eigenvalue weighted by molar-refractivity contribution is 0.0119. The summed E-state index contributed by atoms with van der Waals surface area (Å²) < 4.78 is 0. The first kappa shape index (κ1) is 16.3. The molecule has 0 aromatic heterocycles. The molecule has 2 heteroatoms. The van der Waals surface area contributed by atoms with Gasteiger partial charge in [-0.25, -0.2) is 0 Å². The van der Waals surface area contributed by atoms with Crippen LogP contribution in [0, 0.1) is 17.3 Å². The van der Waals surface area contributed by atoms with Gasteiger partial charge in [-0.3, -0.25) is 4.90 Å². The summed E-state index contributed by atoms with van der Waals surface area (Å²) in [5.74, 6) is 1.70. The maximum atomic E-state index is 3.83. The fraction of sp³-hybridized carbons (Fsp3) is 1.00. The average Bonchev–Trinajstić information content (AvgIpc) is 2.37. The Hall–Kier alpha value is -0.0800. The van der Waals surface area contributed by atoms with Gasteiger partial charge in [0.05, 0.1) is 0 Å². The van der Waals surface area contributed by atoms with E-state index >= 15 is 0 Å². The molecule has 20 heavy (non-hydrogen) atoms. The molecule has 2 aliphatic rings. The summed E-state index contributed by atoms with van der Waals surface area (Å²) in [6.45, 7) is 16.7. The molecule has 0 aromatic rings. The van der Waals surface area contributed by atoms with E-state index in [0.29, 0.717) is 11.5 Å². The molecule has 0 aromatic carbocycles. The third kappa shape index (κ3) is 3.76. The first-order chi connectivity index (χ1) is 9.29. The predicted molar refractivity (Wildman–Crippen MR) is 88.0 cm³/mol. The van der Waals surface area contributed by atoms with Gasteiger partial charge in [0.1, 0.15) is 0 Å². The second-order valence-electron chi connectivity index (χ2n) is 8.75. The standard InChI is InChI=1S/C18H36N2/c1-13(2)16-11-19-17(18(4,5)6)12-20(16)15-9-7-14(3)8-10-15/h13-17,19H,7-12H2,1-6H3. The fourth-order valence-corrected chi connectivity index (χ4v) is 3.98. The Bertz CT molecular complexity index is 297. The summed E-state index contributed by atoms with van der Waals surface area (Å²) in [4.78, 5) is 2.88. The van der Waals surface area contributed by atoms with Gasteiger partial charge in [-0.15, -0.1) is 0 Å². The first-order valence-electron chi connectivity index (χ1n) is 8.78. The smallest absolute Gasteiger partial charge is 0.0247 e. The van der Waals surface area contributed by atoms with E-state index in [0.717, 1.165) is 23.9 Å².